The van der Waals surface area contributed by atoms with E-state index in [0.717, 1.165) is 43.7 Å². The van der Waals surface area contributed by atoms with Gasteiger partial charge in [-0.05, 0) is 55.8 Å². The molecule has 7 heteroatoms. The summed E-state index contributed by atoms with van der Waals surface area (Å²) in [4.78, 5) is 17.7. The predicted octanol–water partition coefficient (Wildman–Crippen LogP) is 4.69. The van der Waals surface area contributed by atoms with Gasteiger partial charge >= 0.3 is 0 Å². The van der Waals surface area contributed by atoms with Gasteiger partial charge in [0.2, 0.25) is 0 Å². The summed E-state index contributed by atoms with van der Waals surface area (Å²) in [5, 5.41) is 0.998. The number of hydrogen-bond donors (Lipinski definition) is 1. The summed E-state index contributed by atoms with van der Waals surface area (Å²) >= 11 is 6.06. The minimum Gasteiger partial charge on any atom is -0.398 e. The first-order valence-electron chi connectivity index (χ1n) is 11.3. The fourth-order valence-corrected chi connectivity index (χ4v) is 4.34. The Labute approximate surface area is 198 Å². The van der Waals surface area contributed by atoms with Crippen LogP contribution in [0.3, 0.4) is 0 Å². The third-order valence-electron chi connectivity index (χ3n) is 6.54. The van der Waals surface area contributed by atoms with Crippen LogP contribution >= 0.6 is 11.6 Å². The van der Waals surface area contributed by atoms with Gasteiger partial charge in [0.1, 0.15) is 5.82 Å². The number of pyridine rings is 1. The normalized spacial score (nSPS) is 15.7. The Morgan fingerprint density at radius 2 is 1.79 bits per heavy atom. The molecule has 1 aliphatic rings. The lowest BCUT2D eigenvalue weighted by Gasteiger charge is -2.34. The summed E-state index contributed by atoms with van der Waals surface area (Å²) in [6.07, 6.45) is 2.54. The number of allylic oxidation sites excluding steroid dienone is 1. The highest BCUT2D eigenvalue weighted by Crippen LogP contribution is 2.28. The van der Waals surface area contributed by atoms with Crippen molar-refractivity contribution in [3.8, 4) is 0 Å². The summed E-state index contributed by atoms with van der Waals surface area (Å²) in [7, 11) is 2.07. The van der Waals surface area contributed by atoms with Crippen LogP contribution in [0.4, 0.5) is 10.1 Å². The highest BCUT2D eigenvalue weighted by Gasteiger charge is 2.21. The number of nitrogens with two attached hydrogens (primary N) is 1. The van der Waals surface area contributed by atoms with Crippen molar-refractivity contribution < 1.29 is 4.39 Å². The molecule has 3 aromatic rings. The Morgan fingerprint density at radius 1 is 1.12 bits per heavy atom. The number of likely N-dealkylation sites (N-methyl/N-ethyl adjacent to an activating group) is 1. The quantitative estimate of drug-likeness (QED) is 0.590. The third kappa shape index (κ3) is 4.77. The van der Waals surface area contributed by atoms with Gasteiger partial charge in [0.15, 0.2) is 5.43 Å². The van der Waals surface area contributed by atoms with Crippen LogP contribution in [-0.2, 0) is 6.54 Å². The summed E-state index contributed by atoms with van der Waals surface area (Å²) in [5.74, 6) is -0.380. The van der Waals surface area contributed by atoms with Crippen LogP contribution < -0.4 is 16.1 Å². The van der Waals surface area contributed by atoms with Crippen molar-refractivity contribution in [2.75, 3.05) is 38.1 Å². The zero-order chi connectivity index (χ0) is 23.7. The van der Waals surface area contributed by atoms with E-state index in [-0.39, 0.29) is 11.2 Å². The van der Waals surface area contributed by atoms with Crippen molar-refractivity contribution >= 4 is 33.9 Å². The molecule has 174 valence electrons. The molecule has 0 amide bonds. The number of nitrogens with zero attached hydrogens (tertiary/aromatic N) is 3. The Morgan fingerprint density at radius 3 is 2.42 bits per heavy atom. The van der Waals surface area contributed by atoms with E-state index in [1.165, 1.54) is 6.07 Å². The van der Waals surface area contributed by atoms with Crippen LogP contribution in [0.2, 0.25) is 5.02 Å². The van der Waals surface area contributed by atoms with Crippen LogP contribution in [-0.4, -0.2) is 42.7 Å². The van der Waals surface area contributed by atoms with Crippen molar-refractivity contribution in [2.24, 2.45) is 5.73 Å². The largest absolute Gasteiger partial charge is 0.398 e. The van der Waals surface area contributed by atoms with E-state index in [9.17, 15) is 4.79 Å². The summed E-state index contributed by atoms with van der Waals surface area (Å²) in [6.45, 7) is 7.63. The van der Waals surface area contributed by atoms with Gasteiger partial charge in [-0.25, -0.2) is 4.39 Å². The van der Waals surface area contributed by atoms with E-state index in [1.807, 2.05) is 48.7 Å². The monoisotopic (exact) mass is 468 g/mol. The van der Waals surface area contributed by atoms with Gasteiger partial charge in [-0.2, -0.15) is 0 Å². The average molecular weight is 469 g/mol. The van der Waals surface area contributed by atoms with E-state index in [1.54, 1.807) is 6.20 Å². The third-order valence-corrected chi connectivity index (χ3v) is 6.79. The van der Waals surface area contributed by atoms with E-state index in [2.05, 4.69) is 16.8 Å². The molecule has 0 radical (unpaired) electrons. The molecule has 0 bridgehead atoms. The Kier molecular flexibility index (Phi) is 6.77. The topological polar surface area (TPSA) is 54.5 Å². The summed E-state index contributed by atoms with van der Waals surface area (Å²) in [6, 6.07) is 10.8. The first kappa shape index (κ1) is 23.3. The van der Waals surface area contributed by atoms with E-state index in [0.29, 0.717) is 39.4 Å². The second-order valence-electron chi connectivity index (χ2n) is 8.78. The predicted molar refractivity (Wildman–Crippen MR) is 136 cm³/mol. The highest BCUT2D eigenvalue weighted by molar-refractivity contribution is 6.30. The van der Waals surface area contributed by atoms with Gasteiger partial charge in [0.05, 0.1) is 16.8 Å². The standard InChI is InChI=1S/C26H30ClFN4O/c1-4-17(2)25(29)21-16-32(15-18-5-7-19(27)8-6-18)23-14-24(22(28)13-20(23)26(21)33)31-11-9-30(3)10-12-31/h5-8,13-14,16H,4,9-12,15,29H2,1-3H3. The lowest BCUT2D eigenvalue weighted by Crippen LogP contribution is -2.44. The Hall–Kier alpha value is -2.83. The van der Waals surface area contributed by atoms with Crippen molar-refractivity contribution in [3.05, 3.63) is 80.4 Å². The minimum absolute atomic E-state index is 0.244. The molecule has 1 aromatic heterocycles. The molecule has 0 unspecified atom stereocenters. The maximum atomic E-state index is 15.3. The zero-order valence-corrected chi connectivity index (χ0v) is 20.1. The van der Waals surface area contributed by atoms with Crippen LogP contribution in [0.5, 0.6) is 0 Å². The molecule has 33 heavy (non-hydrogen) atoms. The lowest BCUT2D eigenvalue weighted by molar-refractivity contribution is 0.312. The van der Waals surface area contributed by atoms with Crippen LogP contribution in [0.15, 0.2) is 53.0 Å². The van der Waals surface area contributed by atoms with Gasteiger partial charge in [-0.15, -0.1) is 0 Å². The molecular weight excluding hydrogens is 439 g/mol. The minimum atomic E-state index is -0.380. The van der Waals surface area contributed by atoms with Gasteiger partial charge in [0.25, 0.3) is 0 Å². The van der Waals surface area contributed by atoms with Gasteiger partial charge < -0.3 is 20.1 Å². The van der Waals surface area contributed by atoms with Crippen molar-refractivity contribution in [1.29, 1.82) is 0 Å². The zero-order valence-electron chi connectivity index (χ0n) is 19.4. The number of rotatable bonds is 5. The van der Waals surface area contributed by atoms with Gasteiger partial charge in [-0.1, -0.05) is 30.7 Å². The molecule has 4 rings (SSSR count). The second-order valence-corrected chi connectivity index (χ2v) is 9.22. The molecule has 2 aromatic carbocycles. The molecule has 2 heterocycles. The number of anilines is 1. The van der Waals surface area contributed by atoms with Gasteiger partial charge in [0, 0.05) is 55.0 Å². The molecule has 1 saturated heterocycles. The lowest BCUT2D eigenvalue weighted by atomic mass is 10.0. The SMILES string of the molecule is CCC(C)=C(N)c1cn(Cc2ccc(Cl)cc2)c2cc(N3CCN(C)CC3)c(F)cc2c1=O. The molecule has 2 N–H and O–H groups in total. The summed E-state index contributed by atoms with van der Waals surface area (Å²) in [5.41, 5.74) is 10.2. The Bertz CT molecular complexity index is 1260. The highest BCUT2D eigenvalue weighted by atomic mass is 35.5. The maximum absolute atomic E-state index is 15.3. The fraction of sp³-hybridized carbons (Fsp3) is 0.346. The van der Waals surface area contributed by atoms with Crippen molar-refractivity contribution in [1.82, 2.24) is 9.47 Å². The number of fused-ring (bicyclic) bond motifs is 1. The van der Waals surface area contributed by atoms with Gasteiger partial charge in [-0.3, -0.25) is 4.79 Å². The number of aromatic nitrogens is 1. The van der Waals surface area contributed by atoms with Crippen LogP contribution in [0.1, 0.15) is 31.4 Å². The number of halogens is 2. The maximum Gasteiger partial charge on any atom is 0.198 e. The molecule has 1 fully saturated rings. The van der Waals surface area contributed by atoms with Crippen molar-refractivity contribution in [3.63, 3.8) is 0 Å². The first-order chi connectivity index (χ1) is 15.8. The first-order valence-corrected chi connectivity index (χ1v) is 11.7. The van der Waals surface area contributed by atoms with E-state index in [4.69, 9.17) is 17.3 Å². The molecule has 0 saturated carbocycles. The molecule has 0 spiro atoms. The molecule has 5 nitrogen and oxygen atoms in total. The van der Waals surface area contributed by atoms with Crippen molar-refractivity contribution in [2.45, 2.75) is 26.8 Å². The number of hydrogen-bond acceptors (Lipinski definition) is 4. The smallest absolute Gasteiger partial charge is 0.198 e. The molecular formula is C26H30ClFN4O. The summed E-state index contributed by atoms with van der Waals surface area (Å²) < 4.78 is 17.3. The fourth-order valence-electron chi connectivity index (χ4n) is 4.22. The molecule has 0 aliphatic carbocycles. The number of piperazine rings is 1. The van der Waals surface area contributed by atoms with Crippen LogP contribution in [0, 0.1) is 5.82 Å². The molecule has 1 aliphatic heterocycles. The number of benzene rings is 2. The second kappa shape index (κ2) is 9.57. The average Bonchev–Trinajstić information content (AvgIpc) is 2.81. The molecule has 0 atom stereocenters. The Balaban J connectivity index is 1.91. The van der Waals surface area contributed by atoms with E-state index < -0.39 is 0 Å². The van der Waals surface area contributed by atoms with E-state index >= 15 is 4.39 Å². The van der Waals surface area contributed by atoms with Crippen LogP contribution in [0.25, 0.3) is 16.6 Å².